The van der Waals surface area contributed by atoms with Crippen LogP contribution in [0.1, 0.15) is 45.4 Å². The lowest BCUT2D eigenvalue weighted by Crippen LogP contribution is -2.56. The van der Waals surface area contributed by atoms with Gasteiger partial charge >= 0.3 is 0 Å². The largest absolute Gasteiger partial charge is 0.377 e. The maximum Gasteiger partial charge on any atom is 0.0702 e. The Balaban J connectivity index is 2.00. The first-order valence-electron chi connectivity index (χ1n) is 7.26. The van der Waals surface area contributed by atoms with Crippen molar-refractivity contribution in [1.29, 1.82) is 0 Å². The Morgan fingerprint density at radius 3 is 2.76 bits per heavy atom. The molecule has 3 heteroatoms. The van der Waals surface area contributed by atoms with Gasteiger partial charge in [0, 0.05) is 25.2 Å². The molecular formula is C14H28N2O. The van der Waals surface area contributed by atoms with Crippen molar-refractivity contribution in [3.05, 3.63) is 0 Å². The summed E-state index contributed by atoms with van der Waals surface area (Å²) in [5, 5.41) is 0. The number of nitrogens with zero attached hydrogens (tertiary/aromatic N) is 1. The molecule has 0 aromatic heterocycles. The van der Waals surface area contributed by atoms with Crippen molar-refractivity contribution in [3.63, 3.8) is 0 Å². The summed E-state index contributed by atoms with van der Waals surface area (Å²) in [4.78, 5) is 2.52. The molecular weight excluding hydrogens is 212 g/mol. The highest BCUT2D eigenvalue weighted by atomic mass is 16.5. The van der Waals surface area contributed by atoms with Crippen LogP contribution in [0.25, 0.3) is 0 Å². The zero-order valence-electron chi connectivity index (χ0n) is 11.5. The van der Waals surface area contributed by atoms with Gasteiger partial charge in [-0.1, -0.05) is 19.8 Å². The SMILES string of the molecule is CCC1CCCC1(CN)N(C)CC1CCCO1. The van der Waals surface area contributed by atoms with Gasteiger partial charge in [0.25, 0.3) is 0 Å². The average Bonchev–Trinajstić information content (AvgIpc) is 2.96. The normalized spacial score (nSPS) is 38.1. The zero-order valence-corrected chi connectivity index (χ0v) is 11.5. The van der Waals surface area contributed by atoms with E-state index < -0.39 is 0 Å². The molecule has 2 rings (SSSR count). The molecule has 0 aromatic carbocycles. The lowest BCUT2D eigenvalue weighted by Gasteiger charge is -2.43. The van der Waals surface area contributed by atoms with Gasteiger partial charge in [0.2, 0.25) is 0 Å². The lowest BCUT2D eigenvalue weighted by atomic mass is 9.83. The second-order valence-electron chi connectivity index (χ2n) is 5.82. The Morgan fingerprint density at radius 1 is 1.35 bits per heavy atom. The van der Waals surface area contributed by atoms with Gasteiger partial charge in [0.1, 0.15) is 0 Å². The molecule has 2 aliphatic rings. The summed E-state index contributed by atoms with van der Waals surface area (Å²) < 4.78 is 5.76. The second kappa shape index (κ2) is 5.68. The van der Waals surface area contributed by atoms with Crippen molar-refractivity contribution in [2.24, 2.45) is 11.7 Å². The Kier molecular flexibility index (Phi) is 4.45. The summed E-state index contributed by atoms with van der Waals surface area (Å²) in [5.74, 6) is 0.777. The molecule has 17 heavy (non-hydrogen) atoms. The summed E-state index contributed by atoms with van der Waals surface area (Å²) in [6.45, 7) is 5.12. The van der Waals surface area contributed by atoms with Crippen molar-refractivity contribution < 1.29 is 4.74 Å². The van der Waals surface area contributed by atoms with Gasteiger partial charge in [0.05, 0.1) is 6.10 Å². The minimum atomic E-state index is 0.251. The van der Waals surface area contributed by atoms with Crippen molar-refractivity contribution in [2.45, 2.75) is 57.1 Å². The molecule has 100 valence electrons. The maximum absolute atomic E-state index is 6.13. The van der Waals surface area contributed by atoms with Gasteiger partial charge in [-0.15, -0.1) is 0 Å². The summed E-state index contributed by atoms with van der Waals surface area (Å²) in [5.41, 5.74) is 6.38. The summed E-state index contributed by atoms with van der Waals surface area (Å²) in [6.07, 6.45) is 8.11. The Labute approximate surface area is 106 Å². The van der Waals surface area contributed by atoms with Gasteiger partial charge in [-0.2, -0.15) is 0 Å². The quantitative estimate of drug-likeness (QED) is 0.799. The minimum absolute atomic E-state index is 0.251. The highest BCUT2D eigenvalue weighted by Crippen LogP contribution is 2.41. The van der Waals surface area contributed by atoms with E-state index in [0.29, 0.717) is 6.10 Å². The number of likely N-dealkylation sites (N-methyl/N-ethyl adjacent to an activating group) is 1. The monoisotopic (exact) mass is 240 g/mol. The van der Waals surface area contributed by atoms with Crippen LogP contribution in [-0.2, 0) is 4.74 Å². The molecule has 2 fully saturated rings. The summed E-state index contributed by atoms with van der Waals surface area (Å²) in [6, 6.07) is 0. The third-order valence-corrected chi connectivity index (χ3v) is 5.03. The van der Waals surface area contributed by atoms with Crippen LogP contribution in [0.15, 0.2) is 0 Å². The molecule has 3 nitrogen and oxygen atoms in total. The first-order chi connectivity index (χ1) is 8.23. The standard InChI is InChI=1S/C14H28N2O/c1-3-12-6-4-8-14(12,11-15)16(2)10-13-7-5-9-17-13/h12-13H,3-11,15H2,1-2H3. The summed E-state index contributed by atoms with van der Waals surface area (Å²) in [7, 11) is 2.25. The Bertz CT molecular complexity index is 240. The van der Waals surface area contributed by atoms with Crippen molar-refractivity contribution in [3.8, 4) is 0 Å². The fourth-order valence-electron chi connectivity index (χ4n) is 3.91. The van der Waals surface area contributed by atoms with Crippen LogP contribution in [-0.4, -0.2) is 43.3 Å². The van der Waals surface area contributed by atoms with Crippen LogP contribution in [0.3, 0.4) is 0 Å². The Morgan fingerprint density at radius 2 is 2.18 bits per heavy atom. The third-order valence-electron chi connectivity index (χ3n) is 5.03. The van der Waals surface area contributed by atoms with Crippen LogP contribution >= 0.6 is 0 Å². The van der Waals surface area contributed by atoms with E-state index in [9.17, 15) is 0 Å². The molecule has 0 bridgehead atoms. The average molecular weight is 240 g/mol. The van der Waals surface area contributed by atoms with E-state index in [2.05, 4.69) is 18.9 Å². The predicted octanol–water partition coefficient (Wildman–Crippen LogP) is 2.00. The Hall–Kier alpha value is -0.120. The number of hydrogen-bond donors (Lipinski definition) is 1. The van der Waals surface area contributed by atoms with Gasteiger partial charge in [-0.05, 0) is 38.6 Å². The van der Waals surface area contributed by atoms with Crippen molar-refractivity contribution in [1.82, 2.24) is 4.90 Å². The molecule has 2 N–H and O–H groups in total. The number of ether oxygens (including phenoxy) is 1. The van der Waals surface area contributed by atoms with Gasteiger partial charge in [0.15, 0.2) is 0 Å². The van der Waals surface area contributed by atoms with Gasteiger partial charge < -0.3 is 10.5 Å². The third kappa shape index (κ3) is 2.51. The predicted molar refractivity (Wildman–Crippen MR) is 71.0 cm³/mol. The van der Waals surface area contributed by atoms with E-state index in [1.807, 2.05) is 0 Å². The molecule has 0 amide bonds. The van der Waals surface area contributed by atoms with Crippen molar-refractivity contribution in [2.75, 3.05) is 26.7 Å². The molecule has 1 aliphatic carbocycles. The smallest absolute Gasteiger partial charge is 0.0702 e. The van der Waals surface area contributed by atoms with Crippen LogP contribution in [0.4, 0.5) is 0 Å². The van der Waals surface area contributed by atoms with Gasteiger partial charge in [-0.25, -0.2) is 0 Å². The molecule has 3 unspecified atom stereocenters. The summed E-state index contributed by atoms with van der Waals surface area (Å²) >= 11 is 0. The first-order valence-corrected chi connectivity index (χ1v) is 7.26. The fraction of sp³-hybridized carbons (Fsp3) is 1.00. The molecule has 0 radical (unpaired) electrons. The van der Waals surface area contributed by atoms with E-state index in [1.54, 1.807) is 0 Å². The molecule has 3 atom stereocenters. The van der Waals surface area contributed by atoms with E-state index in [-0.39, 0.29) is 5.54 Å². The van der Waals surface area contributed by atoms with Crippen LogP contribution < -0.4 is 5.73 Å². The molecule has 1 saturated carbocycles. The molecule has 1 aliphatic heterocycles. The zero-order chi connectivity index (χ0) is 12.3. The number of rotatable bonds is 5. The minimum Gasteiger partial charge on any atom is -0.377 e. The topological polar surface area (TPSA) is 38.5 Å². The van der Waals surface area contributed by atoms with Crippen LogP contribution in [0, 0.1) is 5.92 Å². The fourth-order valence-corrected chi connectivity index (χ4v) is 3.91. The highest BCUT2D eigenvalue weighted by molar-refractivity contribution is 5.01. The van der Waals surface area contributed by atoms with Gasteiger partial charge in [-0.3, -0.25) is 4.90 Å². The molecule has 0 spiro atoms. The lowest BCUT2D eigenvalue weighted by molar-refractivity contribution is 0.0192. The van der Waals surface area contributed by atoms with Crippen LogP contribution in [0.2, 0.25) is 0 Å². The van der Waals surface area contributed by atoms with E-state index in [4.69, 9.17) is 10.5 Å². The van der Waals surface area contributed by atoms with Crippen molar-refractivity contribution >= 4 is 0 Å². The number of nitrogens with two attached hydrogens (primary N) is 1. The number of hydrogen-bond acceptors (Lipinski definition) is 3. The molecule has 0 aromatic rings. The van der Waals surface area contributed by atoms with E-state index in [1.165, 1.54) is 38.5 Å². The molecule has 1 saturated heterocycles. The van der Waals surface area contributed by atoms with E-state index in [0.717, 1.165) is 25.6 Å². The highest BCUT2D eigenvalue weighted by Gasteiger charge is 2.44. The second-order valence-corrected chi connectivity index (χ2v) is 5.82. The molecule has 1 heterocycles. The first kappa shape index (κ1) is 13.3. The van der Waals surface area contributed by atoms with Crippen LogP contribution in [0.5, 0.6) is 0 Å². The maximum atomic E-state index is 6.13. The van der Waals surface area contributed by atoms with E-state index >= 15 is 0 Å².